The maximum absolute atomic E-state index is 8.46. The third-order valence-corrected chi connectivity index (χ3v) is 2.60. The molecule has 0 saturated carbocycles. The molecule has 0 unspecified atom stereocenters. The van der Waals surface area contributed by atoms with Crippen LogP contribution < -0.4 is 5.73 Å². The van der Waals surface area contributed by atoms with E-state index < -0.39 is 0 Å². The predicted molar refractivity (Wildman–Crippen MR) is 62.6 cm³/mol. The van der Waals surface area contributed by atoms with Gasteiger partial charge in [0, 0.05) is 10.9 Å². The summed E-state index contributed by atoms with van der Waals surface area (Å²) in [6, 6.07) is 9.92. The van der Waals surface area contributed by atoms with Gasteiger partial charge < -0.3 is 5.73 Å². The molecular weight excluding hydrogens is 216 g/mol. The first-order valence-corrected chi connectivity index (χ1v) is 5.27. The van der Waals surface area contributed by atoms with Crippen LogP contribution in [-0.4, -0.2) is 6.26 Å². The van der Waals surface area contributed by atoms with Gasteiger partial charge in [0.25, 0.3) is 0 Å². The number of benzene rings is 1. The highest BCUT2D eigenvalue weighted by molar-refractivity contribution is 7.98. The minimum Gasteiger partial charge on any atom is -0.323 e. The van der Waals surface area contributed by atoms with E-state index in [0.717, 1.165) is 5.56 Å². The number of nitrogens with two attached hydrogens (primary N) is 1. The molecule has 0 fully saturated rings. The summed E-state index contributed by atoms with van der Waals surface area (Å²) in [5.74, 6) is 0. The standard InChI is InChI=1S/C10H12N2S.ClH/c1-13-9-4-2-8(3-5-9)10(12)6-7-11;/h2-5,10H,6,12H2,1H3;1H/t10-;/m1./s1. The monoisotopic (exact) mass is 228 g/mol. The van der Waals surface area contributed by atoms with E-state index in [-0.39, 0.29) is 18.4 Å². The fraction of sp³-hybridized carbons (Fsp3) is 0.300. The normalized spacial score (nSPS) is 11.2. The second kappa shape index (κ2) is 6.72. The van der Waals surface area contributed by atoms with Crippen molar-refractivity contribution in [2.45, 2.75) is 17.4 Å². The lowest BCUT2D eigenvalue weighted by atomic mass is 10.1. The van der Waals surface area contributed by atoms with E-state index in [1.165, 1.54) is 4.90 Å². The first kappa shape index (κ1) is 13.3. The zero-order valence-corrected chi connectivity index (χ0v) is 9.57. The van der Waals surface area contributed by atoms with Gasteiger partial charge in [0.2, 0.25) is 0 Å². The molecule has 0 spiro atoms. The van der Waals surface area contributed by atoms with Crippen molar-refractivity contribution < 1.29 is 0 Å². The number of hydrogen-bond donors (Lipinski definition) is 1. The van der Waals surface area contributed by atoms with Crippen LogP contribution in [0.15, 0.2) is 29.2 Å². The Hall–Kier alpha value is -0.690. The Labute approximate surface area is 94.9 Å². The molecule has 0 bridgehead atoms. The van der Waals surface area contributed by atoms with Gasteiger partial charge in [-0.2, -0.15) is 5.26 Å². The number of nitriles is 1. The summed E-state index contributed by atoms with van der Waals surface area (Å²) in [6.45, 7) is 0. The van der Waals surface area contributed by atoms with Gasteiger partial charge in [-0.1, -0.05) is 12.1 Å². The van der Waals surface area contributed by atoms with Gasteiger partial charge in [-0.15, -0.1) is 24.2 Å². The molecule has 1 aromatic rings. The third-order valence-electron chi connectivity index (χ3n) is 1.86. The molecule has 0 radical (unpaired) electrons. The van der Waals surface area contributed by atoms with E-state index in [0.29, 0.717) is 6.42 Å². The van der Waals surface area contributed by atoms with Crippen molar-refractivity contribution in [2.75, 3.05) is 6.26 Å². The van der Waals surface area contributed by atoms with E-state index in [4.69, 9.17) is 11.0 Å². The quantitative estimate of drug-likeness (QED) is 0.810. The second-order valence-corrected chi connectivity index (χ2v) is 3.62. The molecule has 2 N–H and O–H groups in total. The highest BCUT2D eigenvalue weighted by Gasteiger charge is 2.03. The fourth-order valence-corrected chi connectivity index (χ4v) is 1.48. The SMILES string of the molecule is CSc1ccc([C@H](N)CC#N)cc1.Cl. The summed E-state index contributed by atoms with van der Waals surface area (Å²) >= 11 is 1.70. The first-order chi connectivity index (χ1) is 6.27. The van der Waals surface area contributed by atoms with Crippen LogP contribution >= 0.6 is 24.2 Å². The molecule has 76 valence electrons. The smallest absolute Gasteiger partial charge is 0.0641 e. The van der Waals surface area contributed by atoms with Crippen molar-refractivity contribution >= 4 is 24.2 Å². The molecule has 1 atom stereocenters. The minimum atomic E-state index is -0.152. The molecule has 0 aliphatic rings. The van der Waals surface area contributed by atoms with E-state index >= 15 is 0 Å². The van der Waals surface area contributed by atoms with Crippen molar-refractivity contribution in [1.29, 1.82) is 5.26 Å². The summed E-state index contributed by atoms with van der Waals surface area (Å²) in [6.07, 6.45) is 2.41. The lowest BCUT2D eigenvalue weighted by Gasteiger charge is -2.07. The van der Waals surface area contributed by atoms with Crippen LogP contribution in [0.2, 0.25) is 0 Å². The van der Waals surface area contributed by atoms with Crippen LogP contribution in [0.3, 0.4) is 0 Å². The number of halogens is 1. The summed E-state index contributed by atoms with van der Waals surface area (Å²) < 4.78 is 0. The van der Waals surface area contributed by atoms with Crippen LogP contribution in [0.5, 0.6) is 0 Å². The Bertz CT molecular complexity index is 305. The molecule has 2 nitrogen and oxygen atoms in total. The average Bonchev–Trinajstić information content (AvgIpc) is 2.18. The molecule has 0 aliphatic carbocycles. The Morgan fingerprint density at radius 2 is 2.00 bits per heavy atom. The zero-order chi connectivity index (χ0) is 9.68. The maximum Gasteiger partial charge on any atom is 0.0641 e. The summed E-state index contributed by atoms with van der Waals surface area (Å²) in [5, 5.41) is 8.46. The molecular formula is C10H13ClN2S. The van der Waals surface area contributed by atoms with Crippen LogP contribution in [0.25, 0.3) is 0 Å². The Morgan fingerprint density at radius 1 is 1.43 bits per heavy atom. The first-order valence-electron chi connectivity index (χ1n) is 4.04. The Balaban J connectivity index is 0.00000169. The third kappa shape index (κ3) is 3.59. The van der Waals surface area contributed by atoms with Crippen LogP contribution in [-0.2, 0) is 0 Å². The fourth-order valence-electron chi connectivity index (χ4n) is 1.07. The molecule has 0 heterocycles. The van der Waals surface area contributed by atoms with Gasteiger partial charge in [-0.3, -0.25) is 0 Å². The zero-order valence-electron chi connectivity index (χ0n) is 7.93. The van der Waals surface area contributed by atoms with Gasteiger partial charge in [-0.05, 0) is 24.0 Å². The summed E-state index contributed by atoms with van der Waals surface area (Å²) in [4.78, 5) is 1.22. The Kier molecular flexibility index (Phi) is 6.39. The van der Waals surface area contributed by atoms with E-state index in [2.05, 4.69) is 6.07 Å². The van der Waals surface area contributed by atoms with Crippen molar-refractivity contribution in [1.82, 2.24) is 0 Å². The molecule has 4 heteroatoms. The Morgan fingerprint density at radius 3 is 2.43 bits per heavy atom. The minimum absolute atomic E-state index is 0. The van der Waals surface area contributed by atoms with Gasteiger partial charge >= 0.3 is 0 Å². The van der Waals surface area contributed by atoms with Crippen LogP contribution in [0, 0.1) is 11.3 Å². The van der Waals surface area contributed by atoms with Crippen molar-refractivity contribution in [3.05, 3.63) is 29.8 Å². The molecule has 1 rings (SSSR count). The van der Waals surface area contributed by atoms with Crippen LogP contribution in [0.1, 0.15) is 18.0 Å². The number of thioether (sulfide) groups is 1. The van der Waals surface area contributed by atoms with E-state index in [1.807, 2.05) is 30.5 Å². The number of rotatable bonds is 3. The largest absolute Gasteiger partial charge is 0.323 e. The molecule has 0 amide bonds. The molecule has 0 saturated heterocycles. The number of nitrogens with zero attached hydrogens (tertiary/aromatic N) is 1. The van der Waals surface area contributed by atoms with E-state index in [9.17, 15) is 0 Å². The number of hydrogen-bond acceptors (Lipinski definition) is 3. The molecule has 0 aliphatic heterocycles. The highest BCUT2D eigenvalue weighted by atomic mass is 35.5. The molecule has 1 aromatic carbocycles. The van der Waals surface area contributed by atoms with Crippen LogP contribution in [0.4, 0.5) is 0 Å². The lowest BCUT2D eigenvalue weighted by molar-refractivity contribution is 0.747. The lowest BCUT2D eigenvalue weighted by Crippen LogP contribution is -2.08. The van der Waals surface area contributed by atoms with E-state index in [1.54, 1.807) is 11.8 Å². The predicted octanol–water partition coefficient (Wildman–Crippen LogP) is 2.74. The maximum atomic E-state index is 8.46. The molecule has 14 heavy (non-hydrogen) atoms. The average molecular weight is 229 g/mol. The highest BCUT2D eigenvalue weighted by Crippen LogP contribution is 2.19. The van der Waals surface area contributed by atoms with Crippen molar-refractivity contribution in [3.63, 3.8) is 0 Å². The van der Waals surface area contributed by atoms with Crippen molar-refractivity contribution in [2.24, 2.45) is 5.73 Å². The van der Waals surface area contributed by atoms with Gasteiger partial charge in [0.1, 0.15) is 0 Å². The molecule has 0 aromatic heterocycles. The van der Waals surface area contributed by atoms with Gasteiger partial charge in [0.15, 0.2) is 0 Å². The van der Waals surface area contributed by atoms with Crippen molar-refractivity contribution in [3.8, 4) is 6.07 Å². The second-order valence-electron chi connectivity index (χ2n) is 2.74. The topological polar surface area (TPSA) is 49.8 Å². The summed E-state index contributed by atoms with van der Waals surface area (Å²) in [7, 11) is 0. The van der Waals surface area contributed by atoms with Gasteiger partial charge in [-0.25, -0.2) is 0 Å². The van der Waals surface area contributed by atoms with Gasteiger partial charge in [0.05, 0.1) is 12.5 Å². The summed E-state index contributed by atoms with van der Waals surface area (Å²) in [5.41, 5.74) is 6.79.